The fraction of sp³-hybridized carbons (Fsp3) is 0.684. The molecule has 1 N–H and O–H groups in total. The minimum Gasteiger partial charge on any atom is -0.391 e. The van der Waals surface area contributed by atoms with Gasteiger partial charge in [0.15, 0.2) is 11.6 Å². The third-order valence-electron chi connectivity index (χ3n) is 13.3. The summed E-state index contributed by atoms with van der Waals surface area (Å²) in [6.45, 7) is 14.4. The number of rotatable bonds is 6. The van der Waals surface area contributed by atoms with Gasteiger partial charge in [-0.05, 0) is 87.2 Å². The zero-order valence-electron chi connectivity index (χ0n) is 28.5. The van der Waals surface area contributed by atoms with E-state index >= 15 is 0 Å². The Morgan fingerprint density at radius 1 is 0.979 bits per heavy atom. The quantitative estimate of drug-likeness (QED) is 0.454. The van der Waals surface area contributed by atoms with Gasteiger partial charge in [0.05, 0.1) is 12.6 Å². The summed E-state index contributed by atoms with van der Waals surface area (Å²) in [7, 11) is 0. The summed E-state index contributed by atoms with van der Waals surface area (Å²) in [5, 5.41) is 10.2. The highest BCUT2D eigenvalue weighted by atomic mass is 16.3. The van der Waals surface area contributed by atoms with Gasteiger partial charge in [-0.25, -0.2) is 0 Å². The van der Waals surface area contributed by atoms with Crippen LogP contribution in [0.3, 0.4) is 0 Å². The first kappa shape index (κ1) is 31.2. The number of nitrogens with zero attached hydrogens (tertiary/aromatic N) is 6. The highest BCUT2D eigenvalue weighted by Crippen LogP contribution is 2.65. The molecule has 7 atom stereocenters. The number of allylic oxidation sites excluding steroid dienone is 6. The Bertz CT molecular complexity index is 1520. The highest BCUT2D eigenvalue weighted by Gasteiger charge is 2.59. The third kappa shape index (κ3) is 5.36. The Morgan fingerprint density at radius 2 is 1.72 bits per heavy atom. The van der Waals surface area contributed by atoms with Crippen LogP contribution in [0.15, 0.2) is 41.5 Å². The Balaban J connectivity index is 0.947. The van der Waals surface area contributed by atoms with Crippen molar-refractivity contribution < 1.29 is 14.7 Å². The molecular formula is C38H52N6O3. The fourth-order valence-electron chi connectivity index (χ4n) is 10.8. The van der Waals surface area contributed by atoms with Gasteiger partial charge in [0, 0.05) is 69.8 Å². The van der Waals surface area contributed by atoms with Crippen molar-refractivity contribution in [1.82, 2.24) is 14.9 Å². The van der Waals surface area contributed by atoms with Crippen LogP contribution in [0.25, 0.3) is 0 Å². The van der Waals surface area contributed by atoms with Crippen LogP contribution in [0, 0.1) is 34.5 Å². The molecule has 5 fully saturated rings. The molecule has 4 heterocycles. The summed E-state index contributed by atoms with van der Waals surface area (Å²) in [5.74, 6) is 4.70. The van der Waals surface area contributed by atoms with E-state index in [9.17, 15) is 14.7 Å². The van der Waals surface area contributed by atoms with Crippen molar-refractivity contribution in [2.45, 2.75) is 71.8 Å². The molecule has 9 heteroatoms. The van der Waals surface area contributed by atoms with Crippen LogP contribution in [0.5, 0.6) is 0 Å². The number of hydrogen-bond donors (Lipinski definition) is 1. The monoisotopic (exact) mass is 640 g/mol. The van der Waals surface area contributed by atoms with Gasteiger partial charge in [-0.1, -0.05) is 37.1 Å². The zero-order chi connectivity index (χ0) is 32.5. The van der Waals surface area contributed by atoms with Crippen molar-refractivity contribution >= 4 is 29.2 Å². The van der Waals surface area contributed by atoms with E-state index in [2.05, 4.69) is 58.6 Å². The number of aliphatic hydroxyl groups is 1. The minimum absolute atomic E-state index is 0.00918. The lowest BCUT2D eigenvalue weighted by molar-refractivity contribution is -0.129. The molecule has 1 aromatic rings. The molecule has 0 spiro atoms. The smallest absolute Gasteiger partial charge is 0.229 e. The second-order valence-electron chi connectivity index (χ2n) is 16.1. The number of carbonyl (C=O) groups is 2. The summed E-state index contributed by atoms with van der Waals surface area (Å²) >= 11 is 0. The number of ketones is 2. The van der Waals surface area contributed by atoms with E-state index in [1.807, 2.05) is 6.08 Å². The molecule has 3 saturated heterocycles. The molecule has 9 nitrogen and oxygen atoms in total. The number of hydrogen-bond acceptors (Lipinski definition) is 9. The number of carbonyl (C=O) groups excluding carboxylic acids is 2. The Kier molecular flexibility index (Phi) is 7.86. The van der Waals surface area contributed by atoms with E-state index in [-0.39, 0.29) is 28.6 Å². The topological polar surface area (TPSA) is 93.1 Å². The standard InChI is InChI=1S/C38H52N6O3/c1-25-20-31-29-7-6-26-21-27(45)8-11-37(26,2)30(29)9-12-38(31,3)35(25)32(47)24-41-16-18-42(19-17-41)33-22-34(44-15-10-28(46)23-44)40-36(39-33)43-13-4-5-14-43/h8-9,11,21-22,25,28-29,31,35,46H,4-7,10,12-20,23-24H2,1-3H3. The van der Waals surface area contributed by atoms with Crippen LogP contribution in [0.2, 0.25) is 0 Å². The first-order chi connectivity index (χ1) is 22.6. The molecule has 47 heavy (non-hydrogen) atoms. The molecular weight excluding hydrogens is 588 g/mol. The van der Waals surface area contributed by atoms with Crippen LogP contribution in [0.4, 0.5) is 17.6 Å². The van der Waals surface area contributed by atoms with Crippen molar-refractivity contribution in [3.05, 3.63) is 41.5 Å². The highest BCUT2D eigenvalue weighted by molar-refractivity contribution is 6.01. The van der Waals surface area contributed by atoms with Crippen LogP contribution >= 0.6 is 0 Å². The maximum absolute atomic E-state index is 14.2. The van der Waals surface area contributed by atoms with Crippen molar-refractivity contribution in [2.75, 3.05) is 73.6 Å². The Hall–Kier alpha value is -3.04. The number of anilines is 3. The summed E-state index contributed by atoms with van der Waals surface area (Å²) in [6, 6.07) is 2.11. The number of aromatic nitrogens is 2. The summed E-state index contributed by atoms with van der Waals surface area (Å²) in [5.41, 5.74) is 2.62. The normalized spacial score (nSPS) is 37.1. The van der Waals surface area contributed by atoms with Crippen LogP contribution < -0.4 is 14.7 Å². The molecule has 0 aromatic carbocycles. The van der Waals surface area contributed by atoms with Gasteiger partial charge < -0.3 is 19.8 Å². The van der Waals surface area contributed by atoms with E-state index < -0.39 is 0 Å². The molecule has 1 aromatic heterocycles. The molecule has 8 rings (SSSR count). The van der Waals surface area contributed by atoms with Gasteiger partial charge in [0.1, 0.15) is 11.6 Å². The first-order valence-electron chi connectivity index (χ1n) is 18.3. The SMILES string of the molecule is CC1CC2C3CCC4=CC(=O)C=CC4(C)C3=CCC2(C)C1C(=O)CN1CCN(c2cc(N3CCC(O)C3)nc(N3CCCC3)n2)CC1. The van der Waals surface area contributed by atoms with Gasteiger partial charge >= 0.3 is 0 Å². The van der Waals surface area contributed by atoms with E-state index in [1.54, 1.807) is 6.08 Å². The number of Topliss-reactive ketones (excluding diaryl/α,β-unsaturated/α-hetero) is 1. The second kappa shape index (κ2) is 11.8. The zero-order valence-corrected chi connectivity index (χ0v) is 28.5. The molecule has 252 valence electrons. The van der Waals surface area contributed by atoms with E-state index in [0.29, 0.717) is 36.6 Å². The number of aliphatic hydroxyl groups excluding tert-OH is 1. The lowest BCUT2D eigenvalue weighted by Gasteiger charge is -2.52. The average molecular weight is 641 g/mol. The van der Waals surface area contributed by atoms with Gasteiger partial charge in [-0.2, -0.15) is 9.97 Å². The summed E-state index contributed by atoms with van der Waals surface area (Å²) in [6.07, 6.45) is 15.2. The number of fused-ring (bicyclic) bond motifs is 5. The fourth-order valence-corrected chi connectivity index (χ4v) is 10.8. The molecule has 7 unspecified atom stereocenters. The second-order valence-corrected chi connectivity index (χ2v) is 16.1. The Morgan fingerprint density at radius 3 is 2.45 bits per heavy atom. The predicted molar refractivity (Wildman–Crippen MR) is 185 cm³/mol. The van der Waals surface area contributed by atoms with E-state index in [0.717, 1.165) is 95.5 Å². The van der Waals surface area contributed by atoms with Crippen molar-refractivity contribution in [3.8, 4) is 0 Å². The van der Waals surface area contributed by atoms with Gasteiger partial charge in [-0.15, -0.1) is 0 Å². The molecule has 0 bridgehead atoms. The third-order valence-corrected chi connectivity index (χ3v) is 13.3. The minimum atomic E-state index is -0.298. The molecule has 7 aliphatic rings. The maximum Gasteiger partial charge on any atom is 0.229 e. The van der Waals surface area contributed by atoms with Crippen LogP contribution in [0.1, 0.15) is 65.7 Å². The van der Waals surface area contributed by atoms with Gasteiger partial charge in [-0.3, -0.25) is 14.5 Å². The summed E-state index contributed by atoms with van der Waals surface area (Å²) < 4.78 is 0. The molecule has 0 amide bonds. The molecule has 2 saturated carbocycles. The van der Waals surface area contributed by atoms with E-state index in [4.69, 9.17) is 9.97 Å². The van der Waals surface area contributed by atoms with Crippen LogP contribution in [-0.4, -0.2) is 96.5 Å². The van der Waals surface area contributed by atoms with Crippen molar-refractivity contribution in [1.29, 1.82) is 0 Å². The molecule has 0 radical (unpaired) electrons. The van der Waals surface area contributed by atoms with Gasteiger partial charge in [0.2, 0.25) is 5.95 Å². The molecule has 4 aliphatic carbocycles. The maximum atomic E-state index is 14.2. The van der Waals surface area contributed by atoms with Gasteiger partial charge in [0.25, 0.3) is 0 Å². The van der Waals surface area contributed by atoms with Crippen molar-refractivity contribution in [3.63, 3.8) is 0 Å². The Labute approximate surface area is 279 Å². The molecule has 3 aliphatic heterocycles. The summed E-state index contributed by atoms with van der Waals surface area (Å²) in [4.78, 5) is 45.6. The number of β-amino-alcohol motifs (C(OH)–C–C–N with tert-alkyl or cyclic N) is 1. The van der Waals surface area contributed by atoms with Crippen LogP contribution in [-0.2, 0) is 9.59 Å². The van der Waals surface area contributed by atoms with E-state index in [1.165, 1.54) is 24.0 Å². The predicted octanol–water partition coefficient (Wildman–Crippen LogP) is 4.43. The largest absolute Gasteiger partial charge is 0.391 e. The number of piperazine rings is 1. The lowest BCUT2D eigenvalue weighted by Crippen LogP contribution is -2.51. The van der Waals surface area contributed by atoms with Crippen molar-refractivity contribution in [2.24, 2.45) is 34.5 Å². The first-order valence-corrected chi connectivity index (χ1v) is 18.3. The average Bonchev–Trinajstić information content (AvgIpc) is 3.81. The lowest BCUT2D eigenvalue weighted by atomic mass is 9.52.